The molecule has 1 aromatic carbocycles. The van der Waals surface area contributed by atoms with Gasteiger partial charge in [-0.05, 0) is 57.0 Å². The highest BCUT2D eigenvalue weighted by atomic mass is 35.5. The summed E-state index contributed by atoms with van der Waals surface area (Å²) in [7, 11) is 0. The third-order valence-electron chi connectivity index (χ3n) is 5.22. The first kappa shape index (κ1) is 23.5. The summed E-state index contributed by atoms with van der Waals surface area (Å²) in [4.78, 5) is 26.1. The molecule has 2 heterocycles. The first-order valence-electron chi connectivity index (χ1n) is 9.77. The molecule has 29 heavy (non-hydrogen) atoms. The molecule has 0 aliphatic carbocycles. The van der Waals surface area contributed by atoms with Crippen LogP contribution in [0.4, 0.5) is 13.2 Å². The van der Waals surface area contributed by atoms with Crippen LogP contribution in [0.5, 0.6) is 0 Å². The monoisotopic (exact) mass is 434 g/mol. The van der Waals surface area contributed by atoms with E-state index < -0.39 is 12.1 Å². The van der Waals surface area contributed by atoms with E-state index in [1.807, 2.05) is 23.1 Å². The van der Waals surface area contributed by atoms with Crippen LogP contribution in [0.3, 0.4) is 0 Å². The van der Waals surface area contributed by atoms with E-state index in [4.69, 9.17) is 21.5 Å². The van der Waals surface area contributed by atoms with E-state index in [1.54, 1.807) is 6.07 Å². The van der Waals surface area contributed by atoms with E-state index in [-0.39, 0.29) is 5.91 Å². The maximum atomic E-state index is 12.5. The second-order valence-corrected chi connectivity index (χ2v) is 7.72. The van der Waals surface area contributed by atoms with Gasteiger partial charge in [0.1, 0.15) is 0 Å². The number of carbonyl (C=O) groups is 2. The summed E-state index contributed by atoms with van der Waals surface area (Å²) in [5, 5.41) is 7.75. The van der Waals surface area contributed by atoms with Crippen molar-refractivity contribution in [1.82, 2.24) is 9.80 Å². The van der Waals surface area contributed by atoms with Crippen molar-refractivity contribution in [3.8, 4) is 0 Å². The number of carbonyl (C=O) groups excluding carboxylic acids is 1. The number of aliphatic carboxylic acids is 1. The van der Waals surface area contributed by atoms with Crippen LogP contribution in [0.15, 0.2) is 24.3 Å². The first-order chi connectivity index (χ1) is 13.7. The maximum absolute atomic E-state index is 12.5. The lowest BCUT2D eigenvalue weighted by Gasteiger charge is -2.38. The topological polar surface area (TPSA) is 60.9 Å². The van der Waals surface area contributed by atoms with Crippen LogP contribution in [0.25, 0.3) is 0 Å². The number of benzene rings is 1. The largest absolute Gasteiger partial charge is 0.490 e. The summed E-state index contributed by atoms with van der Waals surface area (Å²) < 4.78 is 31.7. The second kappa shape index (κ2) is 10.8. The highest BCUT2D eigenvalue weighted by Crippen LogP contribution is 2.22. The van der Waals surface area contributed by atoms with Gasteiger partial charge in [-0.1, -0.05) is 30.5 Å². The maximum Gasteiger partial charge on any atom is 0.490 e. The van der Waals surface area contributed by atoms with Crippen molar-refractivity contribution in [1.29, 1.82) is 0 Å². The molecule has 9 heteroatoms. The third kappa shape index (κ3) is 7.51. The number of carboxylic acid groups (broad SMARTS) is 1. The highest BCUT2D eigenvalue weighted by molar-refractivity contribution is 6.30. The standard InChI is InChI=1S/C18H25ClN2O.C2HF3O2/c19-16-7-5-6-15(14-16)18(22)21-12-8-17(9-13-21)20-10-3-1-2-4-11-20;3-2(4,5)1(6)7/h5-7,14,17H,1-4,8-13H2;(H,6,7). The molecule has 1 N–H and O–H groups in total. The van der Waals surface area contributed by atoms with Crippen molar-refractivity contribution in [3.05, 3.63) is 34.9 Å². The van der Waals surface area contributed by atoms with Gasteiger partial charge in [0.25, 0.3) is 5.91 Å². The molecule has 0 atom stereocenters. The minimum Gasteiger partial charge on any atom is -0.475 e. The molecule has 2 aliphatic heterocycles. The van der Waals surface area contributed by atoms with Crippen molar-refractivity contribution in [2.24, 2.45) is 0 Å². The fourth-order valence-corrected chi connectivity index (χ4v) is 3.89. The van der Waals surface area contributed by atoms with Gasteiger partial charge < -0.3 is 14.9 Å². The van der Waals surface area contributed by atoms with E-state index >= 15 is 0 Å². The van der Waals surface area contributed by atoms with Crippen molar-refractivity contribution in [2.45, 2.75) is 50.7 Å². The lowest BCUT2D eigenvalue weighted by molar-refractivity contribution is -0.192. The molecule has 0 bridgehead atoms. The molecule has 0 radical (unpaired) electrons. The molecular formula is C20H26ClF3N2O3. The summed E-state index contributed by atoms with van der Waals surface area (Å²) in [6, 6.07) is 7.95. The average Bonchev–Trinajstić information content (AvgIpc) is 2.97. The second-order valence-electron chi connectivity index (χ2n) is 7.29. The van der Waals surface area contributed by atoms with E-state index in [9.17, 15) is 18.0 Å². The highest BCUT2D eigenvalue weighted by Gasteiger charge is 2.38. The molecule has 1 aromatic rings. The molecule has 0 aromatic heterocycles. The fraction of sp³-hybridized carbons (Fsp3) is 0.600. The minimum absolute atomic E-state index is 0.122. The summed E-state index contributed by atoms with van der Waals surface area (Å²) in [6.07, 6.45) is 2.55. The SMILES string of the molecule is O=C(O)C(F)(F)F.O=C(c1cccc(Cl)c1)N1CCC(N2CCCCCC2)CC1. The zero-order valence-electron chi connectivity index (χ0n) is 16.1. The van der Waals surface area contributed by atoms with Crippen LogP contribution in [0, 0.1) is 0 Å². The van der Waals surface area contributed by atoms with E-state index in [0.29, 0.717) is 16.6 Å². The predicted octanol–water partition coefficient (Wildman–Crippen LogP) is 4.45. The smallest absolute Gasteiger partial charge is 0.475 e. The number of halogens is 4. The Morgan fingerprint density at radius 2 is 1.55 bits per heavy atom. The van der Waals surface area contributed by atoms with Crippen LogP contribution in [-0.4, -0.2) is 65.2 Å². The van der Waals surface area contributed by atoms with Crippen LogP contribution in [0.2, 0.25) is 5.02 Å². The molecule has 2 saturated heterocycles. The lowest BCUT2D eigenvalue weighted by Crippen LogP contribution is -2.47. The van der Waals surface area contributed by atoms with Crippen molar-refractivity contribution in [2.75, 3.05) is 26.2 Å². The molecule has 0 saturated carbocycles. The van der Waals surface area contributed by atoms with Gasteiger partial charge in [-0.3, -0.25) is 4.79 Å². The summed E-state index contributed by atoms with van der Waals surface area (Å²) in [5.41, 5.74) is 0.709. The molecule has 2 aliphatic rings. The van der Waals surface area contributed by atoms with Crippen LogP contribution < -0.4 is 0 Å². The average molecular weight is 435 g/mol. The molecule has 2 fully saturated rings. The van der Waals surface area contributed by atoms with Gasteiger partial charge >= 0.3 is 12.1 Å². The Morgan fingerprint density at radius 1 is 1.00 bits per heavy atom. The number of hydrogen-bond donors (Lipinski definition) is 1. The van der Waals surface area contributed by atoms with Crippen molar-refractivity contribution in [3.63, 3.8) is 0 Å². The number of nitrogens with zero attached hydrogens (tertiary/aromatic N) is 2. The molecule has 162 valence electrons. The van der Waals surface area contributed by atoms with Crippen molar-refractivity contribution < 1.29 is 27.9 Å². The van der Waals surface area contributed by atoms with Crippen molar-refractivity contribution >= 4 is 23.5 Å². The zero-order valence-corrected chi connectivity index (χ0v) is 16.9. The Hall–Kier alpha value is -1.80. The number of likely N-dealkylation sites (tertiary alicyclic amines) is 2. The minimum atomic E-state index is -5.08. The number of rotatable bonds is 2. The van der Waals surface area contributed by atoms with Gasteiger partial charge in [0.05, 0.1) is 0 Å². The molecule has 3 rings (SSSR count). The van der Waals surface area contributed by atoms with Gasteiger partial charge in [0.2, 0.25) is 0 Å². The quantitative estimate of drug-likeness (QED) is 0.746. The summed E-state index contributed by atoms with van der Waals surface area (Å²) >= 11 is 5.99. The zero-order chi connectivity index (χ0) is 21.4. The van der Waals surface area contributed by atoms with E-state index in [1.165, 1.54) is 38.8 Å². The van der Waals surface area contributed by atoms with Gasteiger partial charge in [-0.25, -0.2) is 4.79 Å². The molecule has 0 unspecified atom stereocenters. The molecule has 1 amide bonds. The van der Waals surface area contributed by atoms with Gasteiger partial charge in [0.15, 0.2) is 0 Å². The fourth-order valence-electron chi connectivity index (χ4n) is 3.70. The number of alkyl halides is 3. The predicted molar refractivity (Wildman–Crippen MR) is 104 cm³/mol. The van der Waals surface area contributed by atoms with Crippen LogP contribution in [0.1, 0.15) is 48.9 Å². The Kier molecular flexibility index (Phi) is 8.77. The molecule has 0 spiro atoms. The van der Waals surface area contributed by atoms with Crippen LogP contribution in [-0.2, 0) is 4.79 Å². The Labute approximate surface area is 173 Å². The van der Waals surface area contributed by atoms with E-state index in [0.717, 1.165) is 25.9 Å². The van der Waals surface area contributed by atoms with Gasteiger partial charge in [0, 0.05) is 29.7 Å². The number of amides is 1. The third-order valence-corrected chi connectivity index (χ3v) is 5.46. The summed E-state index contributed by atoms with van der Waals surface area (Å²) in [6.45, 7) is 4.22. The Balaban J connectivity index is 0.000000370. The number of hydrogen-bond acceptors (Lipinski definition) is 3. The van der Waals surface area contributed by atoms with Gasteiger partial charge in [-0.2, -0.15) is 13.2 Å². The van der Waals surface area contributed by atoms with Gasteiger partial charge in [-0.15, -0.1) is 0 Å². The normalized spacial score (nSPS) is 19.1. The van der Waals surface area contributed by atoms with E-state index in [2.05, 4.69) is 4.90 Å². The number of carboxylic acids is 1. The Bertz CT molecular complexity index is 684. The molecule has 5 nitrogen and oxygen atoms in total. The lowest BCUT2D eigenvalue weighted by atomic mass is 10.0. The molecular weight excluding hydrogens is 409 g/mol. The first-order valence-corrected chi connectivity index (χ1v) is 10.2. The Morgan fingerprint density at radius 3 is 2.03 bits per heavy atom. The number of piperidine rings is 1. The summed E-state index contributed by atoms with van der Waals surface area (Å²) in [5.74, 6) is -2.63. The van der Waals surface area contributed by atoms with Crippen LogP contribution >= 0.6 is 11.6 Å².